The third-order valence-corrected chi connectivity index (χ3v) is 3.10. The number of nitriles is 2. The van der Waals surface area contributed by atoms with Gasteiger partial charge in [0.2, 0.25) is 0 Å². The fourth-order valence-corrected chi connectivity index (χ4v) is 1.85. The van der Waals surface area contributed by atoms with Gasteiger partial charge in [-0.2, -0.15) is 10.5 Å². The second-order valence-corrected chi connectivity index (χ2v) is 4.68. The normalized spacial score (nSPS) is 10.0. The Kier molecular flexibility index (Phi) is 7.35. The van der Waals surface area contributed by atoms with E-state index in [0.29, 0.717) is 23.3 Å². The zero-order valence-corrected chi connectivity index (χ0v) is 12.1. The largest absolute Gasteiger partial charge is 0.236 e. The Morgan fingerprint density at radius 2 is 1.65 bits per heavy atom. The van der Waals surface area contributed by atoms with Gasteiger partial charge >= 0.3 is 0 Å². The van der Waals surface area contributed by atoms with Crippen LogP contribution < -0.4 is 0 Å². The molecule has 4 heteroatoms. The minimum Gasteiger partial charge on any atom is -0.236 e. The van der Waals surface area contributed by atoms with Crippen molar-refractivity contribution in [2.75, 3.05) is 6.61 Å². The van der Waals surface area contributed by atoms with Gasteiger partial charge in [0.05, 0.1) is 29.9 Å². The van der Waals surface area contributed by atoms with E-state index >= 15 is 0 Å². The molecule has 0 aliphatic carbocycles. The Morgan fingerprint density at radius 3 is 2.20 bits per heavy atom. The average Bonchev–Trinajstić information content (AvgIpc) is 2.47. The van der Waals surface area contributed by atoms with Gasteiger partial charge in [-0.05, 0) is 36.6 Å². The Balaban J connectivity index is 2.45. The predicted molar refractivity (Wildman–Crippen MR) is 75.5 cm³/mol. The van der Waals surface area contributed by atoms with Crippen molar-refractivity contribution in [3.05, 3.63) is 34.4 Å². The molecule has 20 heavy (non-hydrogen) atoms. The van der Waals surface area contributed by atoms with Gasteiger partial charge in [-0.3, -0.25) is 0 Å². The van der Waals surface area contributed by atoms with Gasteiger partial charge in [0.1, 0.15) is 6.61 Å². The monoisotopic (exact) mass is 272 g/mol. The predicted octanol–water partition coefficient (Wildman–Crippen LogP) is 3.77. The lowest BCUT2D eigenvalue weighted by Crippen LogP contribution is -2.00. The molecule has 0 heterocycles. The molecule has 0 bridgehead atoms. The molecule has 0 aliphatic rings. The van der Waals surface area contributed by atoms with Crippen molar-refractivity contribution in [3.63, 3.8) is 0 Å². The summed E-state index contributed by atoms with van der Waals surface area (Å²) in [5, 5.41) is 18.0. The molecule has 0 atom stereocenters. The Labute approximate surface area is 120 Å². The molecule has 0 amide bonds. The maximum Gasteiger partial charge on any atom is 0.107 e. The van der Waals surface area contributed by atoms with Gasteiger partial charge in [0.15, 0.2) is 0 Å². The molecule has 106 valence electrons. The van der Waals surface area contributed by atoms with Crippen molar-refractivity contribution in [1.82, 2.24) is 0 Å². The number of unbranched alkanes of at least 4 members (excludes halogenated alkanes) is 3. The van der Waals surface area contributed by atoms with Gasteiger partial charge in [-0.15, -0.1) is 0 Å². The maximum atomic E-state index is 9.02. The van der Waals surface area contributed by atoms with E-state index in [4.69, 9.17) is 20.3 Å². The highest BCUT2D eigenvalue weighted by Gasteiger charge is 2.07. The second kappa shape index (κ2) is 9.09. The fourth-order valence-electron chi connectivity index (χ4n) is 1.85. The first-order chi connectivity index (χ1) is 9.72. The van der Waals surface area contributed by atoms with Gasteiger partial charge in [0.25, 0.3) is 0 Å². The number of hydrogen-bond acceptors (Lipinski definition) is 4. The van der Waals surface area contributed by atoms with Crippen molar-refractivity contribution in [1.29, 1.82) is 10.5 Å². The molecule has 1 rings (SSSR count). The number of rotatable bonds is 8. The standard InChI is InChI=1S/C16H20N2O2/c1-3-4-5-6-7-19-20-12-14-8-15(10-17)13(2)16(9-14)11-18/h8-9H,3-7,12H2,1-2H3. The van der Waals surface area contributed by atoms with Crippen LogP contribution in [0, 0.1) is 29.6 Å². The highest BCUT2D eigenvalue weighted by Crippen LogP contribution is 2.16. The summed E-state index contributed by atoms with van der Waals surface area (Å²) < 4.78 is 0. The summed E-state index contributed by atoms with van der Waals surface area (Å²) in [4.78, 5) is 10.2. The number of hydrogen-bond donors (Lipinski definition) is 0. The smallest absolute Gasteiger partial charge is 0.107 e. The van der Waals surface area contributed by atoms with E-state index in [2.05, 4.69) is 19.1 Å². The molecule has 0 saturated heterocycles. The molecule has 0 aromatic heterocycles. The van der Waals surface area contributed by atoms with Gasteiger partial charge in [-0.25, -0.2) is 9.78 Å². The summed E-state index contributed by atoms with van der Waals surface area (Å²) in [5.41, 5.74) is 2.49. The quantitative estimate of drug-likeness (QED) is 0.410. The fraction of sp³-hybridized carbons (Fsp3) is 0.500. The molecule has 4 nitrogen and oxygen atoms in total. The van der Waals surface area contributed by atoms with E-state index in [-0.39, 0.29) is 6.61 Å². The summed E-state index contributed by atoms with van der Waals surface area (Å²) in [6.07, 6.45) is 4.52. The lowest BCUT2D eigenvalue weighted by Gasteiger charge is -2.07. The van der Waals surface area contributed by atoms with Crippen LogP contribution in [0.2, 0.25) is 0 Å². The van der Waals surface area contributed by atoms with E-state index in [1.54, 1.807) is 19.1 Å². The van der Waals surface area contributed by atoms with Crippen LogP contribution in [-0.4, -0.2) is 6.61 Å². The Morgan fingerprint density at radius 1 is 1.00 bits per heavy atom. The summed E-state index contributed by atoms with van der Waals surface area (Å²) in [5.74, 6) is 0. The molecule has 0 radical (unpaired) electrons. The third kappa shape index (κ3) is 5.01. The molecule has 0 fully saturated rings. The second-order valence-electron chi connectivity index (χ2n) is 4.68. The number of nitrogens with zero attached hydrogens (tertiary/aromatic N) is 2. The highest BCUT2D eigenvalue weighted by molar-refractivity contribution is 5.49. The first kappa shape index (κ1) is 16.2. The molecule has 1 aromatic rings. The minimum absolute atomic E-state index is 0.247. The summed E-state index contributed by atoms with van der Waals surface area (Å²) in [6.45, 7) is 4.75. The van der Waals surface area contributed by atoms with Crippen LogP contribution in [0.5, 0.6) is 0 Å². The first-order valence-corrected chi connectivity index (χ1v) is 6.91. The Bertz CT molecular complexity index is 477. The zero-order chi connectivity index (χ0) is 14.8. The van der Waals surface area contributed by atoms with Crippen LogP contribution in [0.15, 0.2) is 12.1 Å². The van der Waals surface area contributed by atoms with Gasteiger partial charge in [0, 0.05) is 0 Å². The topological polar surface area (TPSA) is 66.0 Å². The van der Waals surface area contributed by atoms with Crippen molar-refractivity contribution in [2.24, 2.45) is 0 Å². The minimum atomic E-state index is 0.247. The molecule has 0 N–H and O–H groups in total. The summed E-state index contributed by atoms with van der Waals surface area (Å²) >= 11 is 0. The van der Waals surface area contributed by atoms with Crippen molar-refractivity contribution >= 4 is 0 Å². The first-order valence-electron chi connectivity index (χ1n) is 6.91. The van der Waals surface area contributed by atoms with E-state index in [1.807, 2.05) is 0 Å². The molecule has 0 aliphatic heterocycles. The lowest BCUT2D eigenvalue weighted by molar-refractivity contribution is -0.304. The van der Waals surface area contributed by atoms with Crippen LogP contribution in [-0.2, 0) is 16.4 Å². The van der Waals surface area contributed by atoms with E-state index < -0.39 is 0 Å². The summed E-state index contributed by atoms with van der Waals surface area (Å²) in [7, 11) is 0. The average molecular weight is 272 g/mol. The summed E-state index contributed by atoms with van der Waals surface area (Å²) in [6, 6.07) is 7.64. The van der Waals surface area contributed by atoms with Gasteiger partial charge < -0.3 is 0 Å². The third-order valence-electron chi connectivity index (χ3n) is 3.10. The SMILES string of the molecule is CCCCCCOOCc1cc(C#N)c(C)c(C#N)c1. The van der Waals surface area contributed by atoms with Crippen LogP contribution >= 0.6 is 0 Å². The Hall–Kier alpha value is -1.88. The molecule has 0 unspecified atom stereocenters. The lowest BCUT2D eigenvalue weighted by atomic mass is 10.0. The van der Waals surface area contributed by atoms with Crippen molar-refractivity contribution < 1.29 is 9.78 Å². The number of benzene rings is 1. The van der Waals surface area contributed by atoms with E-state index in [0.717, 1.165) is 18.4 Å². The van der Waals surface area contributed by atoms with Crippen molar-refractivity contribution in [2.45, 2.75) is 46.1 Å². The van der Waals surface area contributed by atoms with Crippen molar-refractivity contribution in [3.8, 4) is 12.1 Å². The molecule has 0 saturated carbocycles. The van der Waals surface area contributed by atoms with Crippen LogP contribution in [0.4, 0.5) is 0 Å². The van der Waals surface area contributed by atoms with E-state index in [1.165, 1.54) is 12.8 Å². The van der Waals surface area contributed by atoms with Crippen LogP contribution in [0.25, 0.3) is 0 Å². The maximum absolute atomic E-state index is 9.02. The van der Waals surface area contributed by atoms with Crippen LogP contribution in [0.1, 0.15) is 54.9 Å². The van der Waals surface area contributed by atoms with Gasteiger partial charge in [-0.1, -0.05) is 26.2 Å². The molecular weight excluding hydrogens is 252 g/mol. The van der Waals surface area contributed by atoms with E-state index in [9.17, 15) is 0 Å². The molecular formula is C16H20N2O2. The molecule has 1 aromatic carbocycles. The zero-order valence-electron chi connectivity index (χ0n) is 12.1. The molecule has 0 spiro atoms. The highest BCUT2D eigenvalue weighted by atomic mass is 17.2. The van der Waals surface area contributed by atoms with Crippen LogP contribution in [0.3, 0.4) is 0 Å².